The highest BCUT2D eigenvalue weighted by molar-refractivity contribution is 5.98. The summed E-state index contributed by atoms with van der Waals surface area (Å²) in [5.74, 6) is -0.959. The van der Waals surface area contributed by atoms with Crippen molar-refractivity contribution in [1.82, 2.24) is 5.32 Å². The molecule has 0 spiro atoms. The van der Waals surface area contributed by atoms with E-state index in [-0.39, 0.29) is 24.1 Å². The molecule has 9 nitrogen and oxygen atoms in total. The largest absolute Gasteiger partial charge is 0.493 e. The van der Waals surface area contributed by atoms with Gasteiger partial charge in [-0.3, -0.25) is 14.9 Å². The number of alkyl halides is 3. The topological polar surface area (TPSA) is 140 Å². The minimum atomic E-state index is -5.08. The van der Waals surface area contributed by atoms with Gasteiger partial charge in [0.15, 0.2) is 23.2 Å². The van der Waals surface area contributed by atoms with Crippen LogP contribution in [0.25, 0.3) is 0 Å². The lowest BCUT2D eigenvalue weighted by Gasteiger charge is -2.25. The van der Waals surface area contributed by atoms with Crippen molar-refractivity contribution in [2.45, 2.75) is 83.9 Å². The van der Waals surface area contributed by atoms with E-state index in [1.54, 1.807) is 32.4 Å². The number of nitrogens with two attached hydrogens (primary N) is 1. The Kier molecular flexibility index (Phi) is 14.4. The monoisotopic (exact) mass is 559 g/mol. The number of ether oxygens (including phenoxy) is 2. The number of ketones is 1. The number of aliphatic carboxylic acids is 1. The van der Waals surface area contributed by atoms with Gasteiger partial charge in [0.2, 0.25) is 5.91 Å². The molecule has 39 heavy (non-hydrogen) atoms. The van der Waals surface area contributed by atoms with Gasteiger partial charge in [-0.05, 0) is 36.0 Å². The fourth-order valence-electron chi connectivity index (χ4n) is 4.18. The molecule has 0 unspecified atom stereocenters. The Bertz CT molecular complexity index is 978. The highest BCUT2D eigenvalue weighted by atomic mass is 19.4. The van der Waals surface area contributed by atoms with Crippen molar-refractivity contribution < 1.29 is 42.1 Å². The van der Waals surface area contributed by atoms with Gasteiger partial charge in [0.1, 0.15) is 6.04 Å². The summed E-state index contributed by atoms with van der Waals surface area (Å²) >= 11 is 0. The van der Waals surface area contributed by atoms with E-state index in [1.165, 1.54) is 19.3 Å². The van der Waals surface area contributed by atoms with E-state index in [9.17, 15) is 22.8 Å². The highest BCUT2D eigenvalue weighted by Gasteiger charge is 2.38. The number of rotatable bonds is 11. The molecule has 2 atom stereocenters. The number of benzene rings is 1. The Labute approximate surface area is 227 Å². The molecule has 4 N–H and O–H groups in total. The zero-order valence-corrected chi connectivity index (χ0v) is 23.0. The lowest BCUT2D eigenvalue weighted by molar-refractivity contribution is -0.192. The number of carbonyl (C=O) groups is 3. The first-order chi connectivity index (χ1) is 18.3. The number of nitrogens with one attached hydrogen (secondary N) is 1. The number of aliphatic imine (C=N–C) groups is 1. The molecule has 0 saturated heterocycles. The lowest BCUT2D eigenvalue weighted by Crippen LogP contribution is -2.40. The maximum absolute atomic E-state index is 12.9. The van der Waals surface area contributed by atoms with Gasteiger partial charge in [-0.25, -0.2) is 9.79 Å². The molecule has 1 aliphatic carbocycles. The predicted molar refractivity (Wildman–Crippen MR) is 141 cm³/mol. The van der Waals surface area contributed by atoms with Crippen molar-refractivity contribution in [3.63, 3.8) is 0 Å². The summed E-state index contributed by atoms with van der Waals surface area (Å²) < 4.78 is 42.3. The summed E-state index contributed by atoms with van der Waals surface area (Å²) in [5.41, 5.74) is 6.82. The van der Waals surface area contributed by atoms with E-state index in [1.807, 2.05) is 0 Å². The second kappa shape index (κ2) is 16.6. The summed E-state index contributed by atoms with van der Waals surface area (Å²) in [4.78, 5) is 38.8. The number of hydrogen-bond acceptors (Lipinski definition) is 6. The highest BCUT2D eigenvalue weighted by Crippen LogP contribution is 2.29. The van der Waals surface area contributed by atoms with Crippen LogP contribution in [0.4, 0.5) is 13.2 Å². The number of carboxylic acids is 1. The number of carbonyl (C=O) groups excluding carboxylic acids is 2. The normalized spacial score (nSPS) is 15.8. The zero-order chi connectivity index (χ0) is 29.6. The van der Waals surface area contributed by atoms with E-state index < -0.39 is 18.2 Å². The molecule has 1 amide bonds. The van der Waals surface area contributed by atoms with Gasteiger partial charge in [-0.2, -0.15) is 13.2 Å². The maximum atomic E-state index is 12.9. The van der Waals surface area contributed by atoms with Crippen LogP contribution in [0, 0.1) is 11.8 Å². The Morgan fingerprint density at radius 3 is 2.23 bits per heavy atom. The predicted octanol–water partition coefficient (Wildman–Crippen LogP) is 4.65. The van der Waals surface area contributed by atoms with Crippen molar-refractivity contribution in [1.29, 1.82) is 0 Å². The van der Waals surface area contributed by atoms with Crippen molar-refractivity contribution in [3.8, 4) is 11.5 Å². The summed E-state index contributed by atoms with van der Waals surface area (Å²) in [6, 6.07) is 4.82. The average Bonchev–Trinajstić information content (AvgIpc) is 2.88. The summed E-state index contributed by atoms with van der Waals surface area (Å²) in [7, 11) is 3.11. The second-order valence-electron chi connectivity index (χ2n) is 9.67. The Morgan fingerprint density at radius 1 is 1.13 bits per heavy atom. The molecule has 1 saturated carbocycles. The van der Waals surface area contributed by atoms with Crippen LogP contribution in [0.15, 0.2) is 23.2 Å². The zero-order valence-electron chi connectivity index (χ0n) is 23.0. The Hall–Kier alpha value is -3.31. The summed E-state index contributed by atoms with van der Waals surface area (Å²) in [6.07, 6.45) is 3.12. The molecular weight excluding hydrogens is 519 g/mol. The fourth-order valence-corrected chi connectivity index (χ4v) is 4.18. The first kappa shape index (κ1) is 33.7. The van der Waals surface area contributed by atoms with Crippen LogP contribution in [-0.4, -0.2) is 55.2 Å². The number of hydrogen-bond donors (Lipinski definition) is 3. The third-order valence-electron chi connectivity index (χ3n) is 6.52. The fraction of sp³-hybridized carbons (Fsp3) is 0.630. The first-order valence-electron chi connectivity index (χ1n) is 13.0. The molecule has 1 aromatic carbocycles. The van der Waals surface area contributed by atoms with E-state index in [0.717, 1.165) is 24.8 Å². The first-order valence-corrected chi connectivity index (χ1v) is 13.0. The number of halogens is 3. The van der Waals surface area contributed by atoms with Crippen LogP contribution in [0.3, 0.4) is 0 Å². The molecule has 0 aromatic heterocycles. The number of nitrogens with zero attached hydrogens (tertiary/aromatic N) is 1. The van der Waals surface area contributed by atoms with E-state index >= 15 is 0 Å². The van der Waals surface area contributed by atoms with E-state index in [4.69, 9.17) is 25.1 Å². The SMILES string of the molecule is CC[C@H](C)CC(=O)[C@@H](CC1CCCCC1)N=C(N)NC(=O)Cc1ccc(OC)c(OC)c1.O=C(O)C(F)(F)F. The number of Topliss-reactive ketones (excluding diaryl/α,β-unsaturated/α-hetero) is 1. The molecule has 1 fully saturated rings. The summed E-state index contributed by atoms with van der Waals surface area (Å²) in [6.45, 7) is 4.16. The van der Waals surface area contributed by atoms with E-state index in [0.29, 0.717) is 36.2 Å². The molecule has 0 radical (unpaired) electrons. The molecule has 1 aromatic rings. The summed E-state index contributed by atoms with van der Waals surface area (Å²) in [5, 5.41) is 9.77. The van der Waals surface area contributed by atoms with Crippen LogP contribution >= 0.6 is 0 Å². The van der Waals surface area contributed by atoms with Crippen LogP contribution in [0.2, 0.25) is 0 Å². The smallest absolute Gasteiger partial charge is 0.490 e. The van der Waals surface area contributed by atoms with Gasteiger partial charge in [0.25, 0.3) is 0 Å². The van der Waals surface area contributed by atoms with Gasteiger partial charge in [0.05, 0.1) is 20.6 Å². The van der Waals surface area contributed by atoms with Crippen LogP contribution in [-0.2, 0) is 20.8 Å². The van der Waals surface area contributed by atoms with Crippen molar-refractivity contribution >= 4 is 23.6 Å². The van der Waals surface area contributed by atoms with Gasteiger partial charge in [0, 0.05) is 6.42 Å². The van der Waals surface area contributed by atoms with Gasteiger partial charge in [-0.1, -0.05) is 58.4 Å². The third kappa shape index (κ3) is 12.9. The minimum absolute atomic E-state index is 0.00814. The van der Waals surface area contributed by atoms with Gasteiger partial charge >= 0.3 is 12.1 Å². The van der Waals surface area contributed by atoms with E-state index in [2.05, 4.69) is 24.2 Å². The van der Waals surface area contributed by atoms with Crippen LogP contribution in [0.1, 0.15) is 70.8 Å². The molecule has 0 bridgehead atoms. The molecule has 220 valence electrons. The lowest BCUT2D eigenvalue weighted by atomic mass is 9.83. The quantitative estimate of drug-likeness (QED) is 0.265. The molecule has 2 rings (SSSR count). The van der Waals surface area contributed by atoms with Crippen molar-refractivity contribution in [3.05, 3.63) is 23.8 Å². The van der Waals surface area contributed by atoms with Crippen molar-refractivity contribution in [2.24, 2.45) is 22.6 Å². The van der Waals surface area contributed by atoms with Crippen LogP contribution < -0.4 is 20.5 Å². The molecular formula is C27H40F3N3O6. The van der Waals surface area contributed by atoms with Gasteiger partial charge < -0.3 is 20.3 Å². The number of amides is 1. The molecule has 0 heterocycles. The molecule has 12 heteroatoms. The number of guanidine groups is 1. The number of carboxylic acid groups (broad SMARTS) is 1. The second-order valence-corrected chi connectivity index (χ2v) is 9.67. The third-order valence-corrected chi connectivity index (χ3v) is 6.52. The average molecular weight is 560 g/mol. The van der Waals surface area contributed by atoms with Crippen molar-refractivity contribution in [2.75, 3.05) is 14.2 Å². The Balaban J connectivity index is 0.000000956. The number of methoxy groups -OCH3 is 2. The minimum Gasteiger partial charge on any atom is -0.493 e. The standard InChI is InChI=1S/C25H39N3O4.C2HF3O2/c1-5-17(2)13-21(29)20(14-18-9-7-6-8-10-18)27-25(26)28-24(30)16-19-11-12-22(31-3)23(15-19)32-4;3-2(4,5)1(6)7/h11-12,15,17-18,20H,5-10,13-14,16H2,1-4H3,(H3,26,27,28,30);(H,6,7)/t17-,20+;/m0./s1. The molecule has 1 aliphatic rings. The van der Waals surface area contributed by atoms with Crippen LogP contribution in [0.5, 0.6) is 11.5 Å². The Morgan fingerprint density at radius 2 is 1.72 bits per heavy atom. The molecule has 0 aliphatic heterocycles. The van der Waals surface area contributed by atoms with Gasteiger partial charge in [-0.15, -0.1) is 0 Å². The maximum Gasteiger partial charge on any atom is 0.490 e.